The minimum atomic E-state index is -0.0336. The molecule has 1 aliphatic heterocycles. The molecular formula is C18H24N2O3. The predicted molar refractivity (Wildman–Crippen MR) is 88.5 cm³/mol. The van der Waals surface area contributed by atoms with Gasteiger partial charge in [-0.2, -0.15) is 0 Å². The fraction of sp³-hybridized carbons (Fsp3) is 0.556. The lowest BCUT2D eigenvalue weighted by atomic mass is 10.0. The zero-order valence-electron chi connectivity index (χ0n) is 13.8. The number of rotatable bonds is 3. The molecule has 3 rings (SSSR count). The van der Waals surface area contributed by atoms with Crippen molar-refractivity contribution in [2.24, 2.45) is 5.92 Å². The number of methoxy groups -OCH3 is 1. The molecule has 1 saturated carbocycles. The second-order valence-electron chi connectivity index (χ2n) is 6.51. The summed E-state index contributed by atoms with van der Waals surface area (Å²) in [5.41, 5.74) is 0.829. The number of hydrogen-bond acceptors (Lipinski definition) is 3. The fourth-order valence-corrected chi connectivity index (χ4v) is 3.71. The van der Waals surface area contributed by atoms with Gasteiger partial charge in [-0.3, -0.25) is 9.59 Å². The minimum absolute atomic E-state index is 0.0247. The maximum atomic E-state index is 12.6. The first kappa shape index (κ1) is 15.8. The van der Waals surface area contributed by atoms with Gasteiger partial charge in [-0.05, 0) is 31.9 Å². The molecule has 0 N–H and O–H groups in total. The SMILES string of the molecule is COc1cccc(N2C(=O)CN(C(=O)C3CCCC3)CC2C)c1. The van der Waals surface area contributed by atoms with Gasteiger partial charge in [-0.15, -0.1) is 0 Å². The van der Waals surface area contributed by atoms with Crippen LogP contribution in [0.4, 0.5) is 5.69 Å². The van der Waals surface area contributed by atoms with E-state index in [9.17, 15) is 9.59 Å². The van der Waals surface area contributed by atoms with Crippen molar-refractivity contribution in [2.75, 3.05) is 25.1 Å². The molecule has 0 bridgehead atoms. The zero-order valence-corrected chi connectivity index (χ0v) is 13.8. The smallest absolute Gasteiger partial charge is 0.246 e. The van der Waals surface area contributed by atoms with Crippen LogP contribution in [0.1, 0.15) is 32.6 Å². The number of carbonyl (C=O) groups excluding carboxylic acids is 2. The predicted octanol–water partition coefficient (Wildman–Crippen LogP) is 2.45. The summed E-state index contributed by atoms with van der Waals surface area (Å²) in [6.45, 7) is 2.76. The van der Waals surface area contributed by atoms with Crippen molar-refractivity contribution in [3.05, 3.63) is 24.3 Å². The Kier molecular flexibility index (Phi) is 4.55. The summed E-state index contributed by atoms with van der Waals surface area (Å²) in [5.74, 6) is 0.988. The Balaban J connectivity index is 1.74. The van der Waals surface area contributed by atoms with Crippen molar-refractivity contribution < 1.29 is 14.3 Å². The highest BCUT2D eigenvalue weighted by molar-refractivity contribution is 5.98. The van der Waals surface area contributed by atoms with Gasteiger partial charge in [-0.25, -0.2) is 0 Å². The van der Waals surface area contributed by atoms with Gasteiger partial charge in [0.2, 0.25) is 11.8 Å². The summed E-state index contributed by atoms with van der Waals surface area (Å²) in [7, 11) is 1.61. The second-order valence-corrected chi connectivity index (χ2v) is 6.51. The minimum Gasteiger partial charge on any atom is -0.497 e. The molecule has 5 heteroatoms. The summed E-state index contributed by atoms with van der Waals surface area (Å²) in [4.78, 5) is 28.7. The number of nitrogens with zero attached hydrogens (tertiary/aromatic N) is 2. The van der Waals surface area contributed by atoms with Gasteiger partial charge in [-0.1, -0.05) is 18.9 Å². The van der Waals surface area contributed by atoms with E-state index < -0.39 is 0 Å². The van der Waals surface area contributed by atoms with Crippen LogP contribution in [0.2, 0.25) is 0 Å². The van der Waals surface area contributed by atoms with Crippen molar-refractivity contribution in [1.29, 1.82) is 0 Å². The van der Waals surface area contributed by atoms with Gasteiger partial charge in [0, 0.05) is 24.2 Å². The molecule has 1 aromatic rings. The van der Waals surface area contributed by atoms with Crippen molar-refractivity contribution in [1.82, 2.24) is 4.90 Å². The van der Waals surface area contributed by atoms with E-state index in [1.54, 1.807) is 16.9 Å². The summed E-state index contributed by atoms with van der Waals surface area (Å²) in [6.07, 6.45) is 4.20. The molecule has 1 aromatic carbocycles. The number of amides is 2. The van der Waals surface area contributed by atoms with Crippen LogP contribution in [0.5, 0.6) is 5.75 Å². The maximum Gasteiger partial charge on any atom is 0.246 e. The number of piperazine rings is 1. The van der Waals surface area contributed by atoms with Crippen LogP contribution in [0, 0.1) is 5.92 Å². The normalized spacial score (nSPS) is 22.5. The Morgan fingerprint density at radius 2 is 2.00 bits per heavy atom. The zero-order chi connectivity index (χ0) is 16.4. The second kappa shape index (κ2) is 6.60. The molecule has 1 aliphatic carbocycles. The summed E-state index contributed by atoms with van der Waals surface area (Å²) in [5, 5.41) is 0. The van der Waals surface area contributed by atoms with Crippen LogP contribution in [-0.2, 0) is 9.59 Å². The Morgan fingerprint density at radius 1 is 1.26 bits per heavy atom. The standard InChI is InChI=1S/C18H24N2O3/c1-13-11-19(18(22)14-6-3-4-7-14)12-17(21)20(13)15-8-5-9-16(10-15)23-2/h5,8-10,13-14H,3-4,6-7,11-12H2,1-2H3. The van der Waals surface area contributed by atoms with E-state index in [4.69, 9.17) is 4.74 Å². The van der Waals surface area contributed by atoms with Gasteiger partial charge in [0.1, 0.15) is 12.3 Å². The number of carbonyl (C=O) groups is 2. The molecule has 2 fully saturated rings. The van der Waals surface area contributed by atoms with Crippen molar-refractivity contribution in [2.45, 2.75) is 38.6 Å². The molecule has 1 heterocycles. The van der Waals surface area contributed by atoms with Crippen molar-refractivity contribution >= 4 is 17.5 Å². The Hall–Kier alpha value is -2.04. The Morgan fingerprint density at radius 3 is 2.65 bits per heavy atom. The largest absolute Gasteiger partial charge is 0.497 e. The lowest BCUT2D eigenvalue weighted by molar-refractivity contribution is -0.140. The molecule has 124 valence electrons. The molecule has 23 heavy (non-hydrogen) atoms. The number of benzene rings is 1. The van der Waals surface area contributed by atoms with Crippen LogP contribution in [0.25, 0.3) is 0 Å². The van der Waals surface area contributed by atoms with Crippen molar-refractivity contribution in [3.8, 4) is 5.75 Å². The molecule has 2 aliphatic rings. The molecule has 0 spiro atoms. The highest BCUT2D eigenvalue weighted by Gasteiger charge is 2.36. The monoisotopic (exact) mass is 316 g/mol. The first-order valence-corrected chi connectivity index (χ1v) is 8.35. The first-order valence-electron chi connectivity index (χ1n) is 8.35. The van der Waals surface area contributed by atoms with E-state index >= 15 is 0 Å². The van der Waals surface area contributed by atoms with Gasteiger partial charge >= 0.3 is 0 Å². The van der Waals surface area contributed by atoms with E-state index in [-0.39, 0.29) is 30.3 Å². The van der Waals surface area contributed by atoms with E-state index in [0.29, 0.717) is 6.54 Å². The molecule has 1 atom stereocenters. The third kappa shape index (κ3) is 3.19. The highest BCUT2D eigenvalue weighted by Crippen LogP contribution is 2.29. The first-order chi connectivity index (χ1) is 11.1. The summed E-state index contributed by atoms with van der Waals surface area (Å²) < 4.78 is 5.24. The Labute approximate surface area is 137 Å². The third-order valence-corrected chi connectivity index (χ3v) is 4.87. The van der Waals surface area contributed by atoms with Gasteiger partial charge in [0.15, 0.2) is 0 Å². The molecule has 1 unspecified atom stereocenters. The summed E-state index contributed by atoms with van der Waals surface area (Å²) in [6, 6.07) is 7.48. The number of anilines is 1. The van der Waals surface area contributed by atoms with Gasteiger partial charge < -0.3 is 14.5 Å². The Bertz CT molecular complexity index is 596. The van der Waals surface area contributed by atoms with E-state index in [2.05, 4.69) is 0 Å². The van der Waals surface area contributed by atoms with Gasteiger partial charge in [0.25, 0.3) is 0 Å². The van der Waals surface area contributed by atoms with E-state index in [0.717, 1.165) is 37.1 Å². The van der Waals surface area contributed by atoms with E-state index in [1.807, 2.05) is 31.2 Å². The van der Waals surface area contributed by atoms with Crippen LogP contribution in [0.15, 0.2) is 24.3 Å². The fourth-order valence-electron chi connectivity index (χ4n) is 3.71. The van der Waals surface area contributed by atoms with Crippen LogP contribution in [-0.4, -0.2) is 43.0 Å². The van der Waals surface area contributed by atoms with Crippen LogP contribution in [0.3, 0.4) is 0 Å². The molecule has 5 nitrogen and oxygen atoms in total. The lowest BCUT2D eigenvalue weighted by Crippen LogP contribution is -2.57. The number of hydrogen-bond donors (Lipinski definition) is 0. The number of ether oxygens (including phenoxy) is 1. The molecule has 1 saturated heterocycles. The topological polar surface area (TPSA) is 49.9 Å². The summed E-state index contributed by atoms with van der Waals surface area (Å²) >= 11 is 0. The van der Waals surface area contributed by atoms with Gasteiger partial charge in [0.05, 0.1) is 13.2 Å². The van der Waals surface area contributed by atoms with Crippen LogP contribution >= 0.6 is 0 Å². The highest BCUT2D eigenvalue weighted by atomic mass is 16.5. The van der Waals surface area contributed by atoms with Crippen LogP contribution < -0.4 is 9.64 Å². The van der Waals surface area contributed by atoms with E-state index in [1.165, 1.54) is 0 Å². The lowest BCUT2D eigenvalue weighted by Gasteiger charge is -2.40. The average molecular weight is 316 g/mol. The molecular weight excluding hydrogens is 292 g/mol. The molecule has 0 aromatic heterocycles. The average Bonchev–Trinajstić information content (AvgIpc) is 3.08. The maximum absolute atomic E-state index is 12.6. The molecule has 2 amide bonds. The quantitative estimate of drug-likeness (QED) is 0.860. The third-order valence-electron chi connectivity index (χ3n) is 4.87. The molecule has 0 radical (unpaired) electrons. The van der Waals surface area contributed by atoms with Crippen molar-refractivity contribution in [3.63, 3.8) is 0 Å².